The Balaban J connectivity index is 0.000000953. The highest BCUT2D eigenvalue weighted by molar-refractivity contribution is 5.82. The molecule has 1 saturated carbocycles. The van der Waals surface area contributed by atoms with Crippen molar-refractivity contribution in [2.45, 2.75) is 118 Å². The van der Waals surface area contributed by atoms with Gasteiger partial charge in [-0.1, -0.05) is 151 Å². The van der Waals surface area contributed by atoms with Crippen molar-refractivity contribution in [2.24, 2.45) is 5.92 Å². The lowest BCUT2D eigenvalue weighted by Crippen LogP contribution is -2.18. The summed E-state index contributed by atoms with van der Waals surface area (Å²) in [6.07, 6.45) is 20.1. The lowest BCUT2D eigenvalue weighted by atomic mass is 9.87. The van der Waals surface area contributed by atoms with Gasteiger partial charge in [0, 0.05) is 11.7 Å². The first-order valence-corrected chi connectivity index (χ1v) is 16.7. The molecule has 1 aliphatic carbocycles. The molecule has 0 saturated heterocycles. The maximum absolute atomic E-state index is 13.8. The average molecular weight is 584 g/mol. The summed E-state index contributed by atoms with van der Waals surface area (Å²) in [6.45, 7) is 21.1. The van der Waals surface area contributed by atoms with Gasteiger partial charge in [-0.2, -0.15) is 0 Å². The maximum Gasteiger partial charge on any atom is 0.123 e. The van der Waals surface area contributed by atoms with Gasteiger partial charge in [-0.25, -0.2) is 4.39 Å². The third-order valence-corrected chi connectivity index (χ3v) is 8.47. The van der Waals surface area contributed by atoms with Gasteiger partial charge in [-0.15, -0.1) is 0 Å². The lowest BCUT2D eigenvalue weighted by Gasteiger charge is -2.20. The van der Waals surface area contributed by atoms with Gasteiger partial charge in [-0.05, 0) is 85.9 Å². The summed E-state index contributed by atoms with van der Waals surface area (Å²) >= 11 is 0. The molecule has 0 spiro atoms. The van der Waals surface area contributed by atoms with Crippen molar-refractivity contribution >= 4 is 5.57 Å². The standard InChI is InChI=1S/C35H46FN.C6H12/c1-8-12-13-14-16-31(15-9-2)35(33-21-23-34(36)24-22-33)32-19-17-30(18-20-32)28(7)37-27(6)29(11-4)25-26(5)10-3;1-6-4-2-3-5-6/h10-11,17-25,28,37H,3,6,8-9,12-16H2,1-2,4-5,7H3;6H,2-5H2,1H3/b26-25-,29-11+,35-31-;. The number of allylic oxidation sites excluding steroid dienone is 5. The van der Waals surface area contributed by atoms with E-state index in [1.807, 2.05) is 32.1 Å². The van der Waals surface area contributed by atoms with E-state index >= 15 is 0 Å². The molecule has 0 amide bonds. The molecule has 0 bridgehead atoms. The van der Waals surface area contributed by atoms with Crippen LogP contribution in [0.2, 0.25) is 0 Å². The molecule has 234 valence electrons. The zero-order valence-electron chi connectivity index (χ0n) is 28.1. The van der Waals surface area contributed by atoms with E-state index in [4.69, 9.17) is 0 Å². The van der Waals surface area contributed by atoms with E-state index in [-0.39, 0.29) is 11.9 Å². The molecule has 1 atom stereocenters. The molecular weight excluding hydrogens is 525 g/mol. The van der Waals surface area contributed by atoms with Crippen LogP contribution >= 0.6 is 0 Å². The fourth-order valence-corrected chi connectivity index (χ4v) is 5.78. The Morgan fingerprint density at radius 2 is 1.53 bits per heavy atom. The maximum atomic E-state index is 13.8. The highest BCUT2D eigenvalue weighted by atomic mass is 19.1. The molecule has 0 aromatic heterocycles. The van der Waals surface area contributed by atoms with Crippen LogP contribution < -0.4 is 5.32 Å². The molecule has 1 aliphatic rings. The number of hydrogen-bond donors (Lipinski definition) is 1. The number of nitrogens with one attached hydrogen (secondary N) is 1. The quantitative estimate of drug-likeness (QED) is 0.162. The minimum absolute atomic E-state index is 0.108. The van der Waals surface area contributed by atoms with Gasteiger partial charge in [0.15, 0.2) is 0 Å². The molecule has 0 aliphatic heterocycles. The SMILES string of the molecule is C=C/C(C)=C\C(=C/C)C(=C)NC(C)c1ccc(/C(=C(\CCC)CCCCCC)c2ccc(F)cc2)cc1.CC1CCCC1. The Kier molecular flexibility index (Phi) is 16.7. The van der Waals surface area contributed by atoms with Crippen molar-refractivity contribution in [3.05, 3.63) is 125 Å². The van der Waals surface area contributed by atoms with Crippen molar-refractivity contribution in [3.8, 4) is 0 Å². The van der Waals surface area contributed by atoms with Gasteiger partial charge >= 0.3 is 0 Å². The molecule has 0 radical (unpaired) electrons. The van der Waals surface area contributed by atoms with Crippen LogP contribution in [0.5, 0.6) is 0 Å². The predicted octanol–water partition coefficient (Wildman–Crippen LogP) is 12.8. The number of benzene rings is 2. The smallest absolute Gasteiger partial charge is 0.123 e. The van der Waals surface area contributed by atoms with Gasteiger partial charge in [0.2, 0.25) is 0 Å². The van der Waals surface area contributed by atoms with Crippen LogP contribution in [-0.4, -0.2) is 0 Å². The van der Waals surface area contributed by atoms with Gasteiger partial charge < -0.3 is 5.32 Å². The summed E-state index contributed by atoms with van der Waals surface area (Å²) in [5.41, 5.74) is 9.28. The van der Waals surface area contributed by atoms with Crippen LogP contribution in [0.3, 0.4) is 0 Å². The van der Waals surface area contributed by atoms with E-state index in [0.717, 1.165) is 47.6 Å². The fraction of sp³-hybridized carbons (Fsp3) is 0.463. The fourth-order valence-electron chi connectivity index (χ4n) is 5.78. The van der Waals surface area contributed by atoms with Gasteiger partial charge in [-0.3, -0.25) is 0 Å². The largest absolute Gasteiger partial charge is 0.379 e. The lowest BCUT2D eigenvalue weighted by molar-refractivity contribution is 0.612. The minimum atomic E-state index is -0.197. The number of halogens is 1. The molecule has 1 unspecified atom stereocenters. The van der Waals surface area contributed by atoms with Crippen molar-refractivity contribution in [1.29, 1.82) is 0 Å². The van der Waals surface area contributed by atoms with E-state index < -0.39 is 0 Å². The second-order valence-corrected chi connectivity index (χ2v) is 12.2. The molecule has 43 heavy (non-hydrogen) atoms. The molecule has 2 aromatic carbocycles. The van der Waals surface area contributed by atoms with E-state index in [1.54, 1.807) is 12.1 Å². The average Bonchev–Trinajstić information content (AvgIpc) is 3.50. The van der Waals surface area contributed by atoms with Crippen LogP contribution in [0.4, 0.5) is 4.39 Å². The summed E-state index contributed by atoms with van der Waals surface area (Å²) < 4.78 is 13.8. The van der Waals surface area contributed by atoms with Gasteiger partial charge in [0.25, 0.3) is 0 Å². The monoisotopic (exact) mass is 583 g/mol. The van der Waals surface area contributed by atoms with Crippen molar-refractivity contribution < 1.29 is 4.39 Å². The van der Waals surface area contributed by atoms with E-state index in [1.165, 1.54) is 73.6 Å². The second kappa shape index (κ2) is 19.9. The van der Waals surface area contributed by atoms with Crippen molar-refractivity contribution in [3.63, 3.8) is 0 Å². The summed E-state index contributed by atoms with van der Waals surface area (Å²) in [7, 11) is 0. The Bertz CT molecular complexity index is 1200. The predicted molar refractivity (Wildman–Crippen MR) is 189 cm³/mol. The highest BCUT2D eigenvalue weighted by Crippen LogP contribution is 2.33. The zero-order chi connectivity index (χ0) is 31.6. The van der Waals surface area contributed by atoms with Crippen LogP contribution in [0.1, 0.15) is 135 Å². The molecule has 2 aromatic rings. The molecule has 0 heterocycles. The topological polar surface area (TPSA) is 12.0 Å². The number of rotatable bonds is 15. The molecule has 1 N–H and O–H groups in total. The Labute approximate surface area is 263 Å². The third kappa shape index (κ3) is 12.6. The van der Waals surface area contributed by atoms with Gasteiger partial charge in [0.05, 0.1) is 0 Å². The van der Waals surface area contributed by atoms with Gasteiger partial charge in [0.1, 0.15) is 5.82 Å². The van der Waals surface area contributed by atoms with Crippen LogP contribution in [0, 0.1) is 11.7 Å². The Morgan fingerprint density at radius 3 is 2.02 bits per heavy atom. The molecule has 2 heteroatoms. The second-order valence-electron chi connectivity index (χ2n) is 12.2. The highest BCUT2D eigenvalue weighted by Gasteiger charge is 2.14. The number of hydrogen-bond acceptors (Lipinski definition) is 1. The Hall–Kier alpha value is -3.13. The number of unbranched alkanes of at least 4 members (excludes halogenated alkanes) is 3. The normalized spacial score (nSPS) is 15.3. The summed E-state index contributed by atoms with van der Waals surface area (Å²) in [4.78, 5) is 0. The first kappa shape index (κ1) is 36.1. The molecule has 1 fully saturated rings. The zero-order valence-corrected chi connectivity index (χ0v) is 28.1. The van der Waals surface area contributed by atoms with Crippen LogP contribution in [0.25, 0.3) is 5.57 Å². The minimum Gasteiger partial charge on any atom is -0.379 e. The van der Waals surface area contributed by atoms with E-state index in [2.05, 4.69) is 82.6 Å². The molecule has 1 nitrogen and oxygen atoms in total. The first-order valence-electron chi connectivity index (χ1n) is 16.7. The molecule has 3 rings (SSSR count). The van der Waals surface area contributed by atoms with Crippen molar-refractivity contribution in [1.82, 2.24) is 5.32 Å². The van der Waals surface area contributed by atoms with E-state index in [0.29, 0.717) is 0 Å². The van der Waals surface area contributed by atoms with Crippen molar-refractivity contribution in [2.75, 3.05) is 0 Å². The Morgan fingerprint density at radius 1 is 0.930 bits per heavy atom. The third-order valence-electron chi connectivity index (χ3n) is 8.47. The summed E-state index contributed by atoms with van der Waals surface area (Å²) in [5, 5.41) is 3.55. The summed E-state index contributed by atoms with van der Waals surface area (Å²) in [5.74, 6) is 0.849. The molecular formula is C41H58FN. The summed E-state index contributed by atoms with van der Waals surface area (Å²) in [6, 6.07) is 15.9. The first-order chi connectivity index (χ1) is 20.7. The van der Waals surface area contributed by atoms with E-state index in [9.17, 15) is 4.39 Å². The van der Waals surface area contributed by atoms with Crippen LogP contribution in [0.15, 0.2) is 102 Å². The van der Waals surface area contributed by atoms with Crippen LogP contribution in [-0.2, 0) is 0 Å².